The first-order valence-corrected chi connectivity index (χ1v) is 5.73. The second-order valence-corrected chi connectivity index (χ2v) is 4.49. The van der Waals surface area contributed by atoms with Gasteiger partial charge in [0, 0.05) is 19.2 Å². The zero-order chi connectivity index (χ0) is 12.0. The largest absolute Gasteiger partial charge is 0.478 e. The molecule has 1 aliphatic carbocycles. The molecule has 0 amide bonds. The standard InChI is InChI=1S/C12H13N3O2/c1-15-10(7-3-2-4-7)14-9-8(12(16)17)5-6-13-11(9)15/h5-7H,2-4H2,1H3,(H,16,17). The molecule has 5 heteroatoms. The molecule has 5 nitrogen and oxygen atoms in total. The average molecular weight is 231 g/mol. The van der Waals surface area contributed by atoms with E-state index in [-0.39, 0.29) is 5.56 Å². The molecule has 0 aliphatic heterocycles. The number of fused-ring (bicyclic) bond motifs is 1. The summed E-state index contributed by atoms with van der Waals surface area (Å²) < 4.78 is 1.92. The molecule has 0 saturated heterocycles. The highest BCUT2D eigenvalue weighted by atomic mass is 16.4. The minimum Gasteiger partial charge on any atom is -0.478 e. The molecule has 1 fully saturated rings. The Morgan fingerprint density at radius 3 is 2.88 bits per heavy atom. The lowest BCUT2D eigenvalue weighted by atomic mass is 9.85. The Hall–Kier alpha value is -1.91. The van der Waals surface area contributed by atoms with Crippen molar-refractivity contribution >= 4 is 17.1 Å². The van der Waals surface area contributed by atoms with E-state index in [1.807, 2.05) is 11.6 Å². The van der Waals surface area contributed by atoms with Crippen molar-refractivity contribution in [2.24, 2.45) is 7.05 Å². The van der Waals surface area contributed by atoms with Gasteiger partial charge in [0.1, 0.15) is 11.3 Å². The van der Waals surface area contributed by atoms with E-state index in [2.05, 4.69) is 9.97 Å². The number of carboxylic acids is 1. The molecule has 0 atom stereocenters. The van der Waals surface area contributed by atoms with Crippen LogP contribution in [-0.2, 0) is 7.05 Å². The van der Waals surface area contributed by atoms with Crippen LogP contribution >= 0.6 is 0 Å². The van der Waals surface area contributed by atoms with E-state index in [1.54, 1.807) is 0 Å². The average Bonchev–Trinajstić information content (AvgIpc) is 2.54. The van der Waals surface area contributed by atoms with Crippen molar-refractivity contribution in [2.45, 2.75) is 25.2 Å². The third-order valence-electron chi connectivity index (χ3n) is 3.49. The maximum atomic E-state index is 11.1. The van der Waals surface area contributed by atoms with Gasteiger partial charge in [-0.1, -0.05) is 6.42 Å². The highest BCUT2D eigenvalue weighted by molar-refractivity contribution is 5.99. The molecule has 88 valence electrons. The number of nitrogens with zero attached hydrogens (tertiary/aromatic N) is 3. The van der Waals surface area contributed by atoms with Gasteiger partial charge in [0.05, 0.1) is 5.56 Å². The second-order valence-electron chi connectivity index (χ2n) is 4.49. The summed E-state index contributed by atoms with van der Waals surface area (Å²) in [5.74, 6) is 0.485. The number of hydrogen-bond donors (Lipinski definition) is 1. The smallest absolute Gasteiger partial charge is 0.338 e. The van der Waals surface area contributed by atoms with Gasteiger partial charge in [-0.25, -0.2) is 14.8 Å². The molecule has 0 spiro atoms. The lowest BCUT2D eigenvalue weighted by Crippen LogP contribution is -2.13. The normalized spacial score (nSPS) is 16.1. The molecule has 1 N–H and O–H groups in total. The minimum absolute atomic E-state index is 0.233. The van der Waals surface area contributed by atoms with E-state index < -0.39 is 5.97 Å². The number of imidazole rings is 1. The maximum Gasteiger partial charge on any atom is 0.338 e. The third kappa shape index (κ3) is 1.42. The van der Waals surface area contributed by atoms with E-state index in [1.165, 1.54) is 18.7 Å². The number of aromatic carboxylic acids is 1. The molecule has 2 heterocycles. The van der Waals surface area contributed by atoms with Crippen molar-refractivity contribution in [3.63, 3.8) is 0 Å². The molecule has 3 rings (SSSR count). The molecule has 17 heavy (non-hydrogen) atoms. The lowest BCUT2D eigenvalue weighted by Gasteiger charge is -2.24. The Kier molecular flexibility index (Phi) is 2.14. The van der Waals surface area contributed by atoms with Crippen molar-refractivity contribution in [3.8, 4) is 0 Å². The number of carbonyl (C=O) groups is 1. The number of aryl methyl sites for hydroxylation is 1. The van der Waals surface area contributed by atoms with Crippen LogP contribution < -0.4 is 0 Å². The van der Waals surface area contributed by atoms with Crippen molar-refractivity contribution in [3.05, 3.63) is 23.7 Å². The Balaban J connectivity index is 2.24. The van der Waals surface area contributed by atoms with Gasteiger partial charge in [0.15, 0.2) is 5.65 Å². The highest BCUT2D eigenvalue weighted by Gasteiger charge is 2.26. The molecule has 0 bridgehead atoms. The summed E-state index contributed by atoms with van der Waals surface area (Å²) >= 11 is 0. The van der Waals surface area contributed by atoms with Crippen molar-refractivity contribution in [1.29, 1.82) is 0 Å². The molecular weight excluding hydrogens is 218 g/mol. The molecule has 0 radical (unpaired) electrons. The number of rotatable bonds is 2. The molecule has 1 saturated carbocycles. The van der Waals surface area contributed by atoms with Crippen LogP contribution in [-0.4, -0.2) is 25.6 Å². The van der Waals surface area contributed by atoms with Crippen LogP contribution in [0.25, 0.3) is 11.2 Å². The van der Waals surface area contributed by atoms with Gasteiger partial charge < -0.3 is 9.67 Å². The predicted molar refractivity (Wildman–Crippen MR) is 62.1 cm³/mol. The Labute approximate surface area is 98.1 Å². The van der Waals surface area contributed by atoms with Gasteiger partial charge in [0.2, 0.25) is 0 Å². The molecule has 2 aromatic heterocycles. The van der Waals surface area contributed by atoms with Crippen LogP contribution in [0, 0.1) is 0 Å². The van der Waals surface area contributed by atoms with Crippen LogP contribution in [0.3, 0.4) is 0 Å². The number of carboxylic acid groups (broad SMARTS) is 1. The van der Waals surface area contributed by atoms with Crippen LogP contribution in [0.15, 0.2) is 12.3 Å². The number of pyridine rings is 1. The van der Waals surface area contributed by atoms with Gasteiger partial charge in [-0.05, 0) is 18.9 Å². The van der Waals surface area contributed by atoms with Crippen LogP contribution in [0.2, 0.25) is 0 Å². The highest BCUT2D eigenvalue weighted by Crippen LogP contribution is 2.36. The monoisotopic (exact) mass is 231 g/mol. The first-order valence-electron chi connectivity index (χ1n) is 5.73. The van der Waals surface area contributed by atoms with Gasteiger partial charge >= 0.3 is 5.97 Å². The van der Waals surface area contributed by atoms with Gasteiger partial charge in [-0.15, -0.1) is 0 Å². The van der Waals surface area contributed by atoms with Crippen LogP contribution in [0.1, 0.15) is 41.4 Å². The van der Waals surface area contributed by atoms with Gasteiger partial charge in [-0.2, -0.15) is 0 Å². The number of hydrogen-bond acceptors (Lipinski definition) is 3. The van der Waals surface area contributed by atoms with E-state index in [0.29, 0.717) is 17.1 Å². The topological polar surface area (TPSA) is 68.0 Å². The summed E-state index contributed by atoms with van der Waals surface area (Å²) in [6.07, 6.45) is 5.03. The zero-order valence-corrected chi connectivity index (χ0v) is 9.55. The van der Waals surface area contributed by atoms with E-state index >= 15 is 0 Å². The van der Waals surface area contributed by atoms with Crippen molar-refractivity contribution in [2.75, 3.05) is 0 Å². The molecule has 0 unspecified atom stereocenters. The molecular formula is C12H13N3O2. The van der Waals surface area contributed by atoms with Gasteiger partial charge in [-0.3, -0.25) is 0 Å². The SMILES string of the molecule is Cn1c(C2CCC2)nc2c(C(=O)O)ccnc21. The fourth-order valence-corrected chi connectivity index (χ4v) is 2.30. The third-order valence-corrected chi connectivity index (χ3v) is 3.49. The second kappa shape index (κ2) is 3.55. The molecule has 1 aliphatic rings. The van der Waals surface area contributed by atoms with Crippen molar-refractivity contribution in [1.82, 2.24) is 14.5 Å². The first kappa shape index (κ1) is 10.3. The van der Waals surface area contributed by atoms with Crippen molar-refractivity contribution < 1.29 is 9.90 Å². The quantitative estimate of drug-likeness (QED) is 0.857. The number of aromatic nitrogens is 3. The molecule has 2 aromatic rings. The molecule has 0 aromatic carbocycles. The minimum atomic E-state index is -0.948. The van der Waals surface area contributed by atoms with Crippen LogP contribution in [0.4, 0.5) is 0 Å². The van der Waals surface area contributed by atoms with E-state index in [0.717, 1.165) is 18.7 Å². The summed E-state index contributed by atoms with van der Waals surface area (Å²) in [7, 11) is 1.90. The summed E-state index contributed by atoms with van der Waals surface area (Å²) in [4.78, 5) is 19.8. The Morgan fingerprint density at radius 1 is 1.53 bits per heavy atom. The van der Waals surface area contributed by atoms with E-state index in [4.69, 9.17) is 5.11 Å². The van der Waals surface area contributed by atoms with Gasteiger partial charge in [0.25, 0.3) is 0 Å². The Bertz CT molecular complexity index is 599. The summed E-state index contributed by atoms with van der Waals surface area (Å²) in [6, 6.07) is 1.50. The first-order chi connectivity index (χ1) is 8.18. The lowest BCUT2D eigenvalue weighted by molar-refractivity contribution is 0.0698. The predicted octanol–water partition coefficient (Wildman–Crippen LogP) is 1.93. The fourth-order valence-electron chi connectivity index (χ4n) is 2.30. The Morgan fingerprint density at radius 2 is 2.29 bits per heavy atom. The maximum absolute atomic E-state index is 11.1. The summed E-state index contributed by atoms with van der Waals surface area (Å²) in [5, 5.41) is 9.12. The van der Waals surface area contributed by atoms with E-state index in [9.17, 15) is 4.79 Å². The zero-order valence-electron chi connectivity index (χ0n) is 9.55. The van der Waals surface area contributed by atoms with Crippen LogP contribution in [0.5, 0.6) is 0 Å². The summed E-state index contributed by atoms with van der Waals surface area (Å²) in [5.41, 5.74) is 1.40. The fraction of sp³-hybridized carbons (Fsp3) is 0.417. The summed E-state index contributed by atoms with van der Waals surface area (Å²) in [6.45, 7) is 0.